The number of ether oxygens (including phenoxy) is 1. The minimum absolute atomic E-state index is 0.872. The summed E-state index contributed by atoms with van der Waals surface area (Å²) in [6.07, 6.45) is 6.83. The maximum Gasteiger partial charge on any atom is 0.118 e. The van der Waals surface area contributed by atoms with Gasteiger partial charge in [0.25, 0.3) is 0 Å². The molecule has 0 saturated heterocycles. The molecule has 2 aliphatic carbocycles. The van der Waals surface area contributed by atoms with Gasteiger partial charge in [-0.25, -0.2) is 0 Å². The van der Waals surface area contributed by atoms with Crippen LogP contribution in [0.1, 0.15) is 38.9 Å². The van der Waals surface area contributed by atoms with E-state index in [0.717, 1.165) is 5.75 Å². The van der Waals surface area contributed by atoms with Crippen LogP contribution in [0.2, 0.25) is 0 Å². The predicted octanol–water partition coefficient (Wildman–Crippen LogP) is 7.58. The second kappa shape index (κ2) is 7.55. The highest BCUT2D eigenvalue weighted by atomic mass is 16.5. The summed E-state index contributed by atoms with van der Waals surface area (Å²) in [6.45, 7) is 0. The summed E-state index contributed by atoms with van der Waals surface area (Å²) < 4.78 is 5.37. The summed E-state index contributed by atoms with van der Waals surface area (Å²) in [6, 6.07) is 34.5. The third-order valence-electron chi connectivity index (χ3n) is 6.37. The van der Waals surface area contributed by atoms with Crippen LogP contribution in [0, 0.1) is 0 Å². The van der Waals surface area contributed by atoms with Gasteiger partial charge in [-0.05, 0) is 73.9 Å². The Morgan fingerprint density at radius 2 is 1.06 bits per heavy atom. The van der Waals surface area contributed by atoms with Crippen molar-refractivity contribution in [1.29, 1.82) is 0 Å². The quantitative estimate of drug-likeness (QED) is 0.291. The number of allylic oxidation sites excluding steroid dienone is 2. The second-order valence-electron chi connectivity index (χ2n) is 8.13. The van der Waals surface area contributed by atoms with E-state index < -0.39 is 0 Å². The molecular weight excluding hydrogens is 388 g/mol. The van der Waals surface area contributed by atoms with Crippen LogP contribution in [0.15, 0.2) is 103 Å². The fourth-order valence-electron chi connectivity index (χ4n) is 4.82. The monoisotopic (exact) mass is 410 g/mol. The van der Waals surface area contributed by atoms with E-state index in [1.54, 1.807) is 7.11 Å². The normalized spacial score (nSPS) is 13.7. The third-order valence-corrected chi connectivity index (χ3v) is 6.37. The zero-order valence-corrected chi connectivity index (χ0v) is 17.9. The lowest BCUT2D eigenvalue weighted by Crippen LogP contribution is -1.95. The summed E-state index contributed by atoms with van der Waals surface area (Å²) in [5.41, 5.74) is 12.6. The first-order valence-corrected chi connectivity index (χ1v) is 10.9. The van der Waals surface area contributed by atoms with Gasteiger partial charge in [0.05, 0.1) is 7.11 Å². The molecule has 0 fully saturated rings. The van der Waals surface area contributed by atoms with Crippen molar-refractivity contribution in [2.75, 3.05) is 7.11 Å². The zero-order valence-electron chi connectivity index (χ0n) is 17.9. The molecule has 0 heterocycles. The highest BCUT2D eigenvalue weighted by Gasteiger charge is 2.25. The molecule has 1 heteroatoms. The molecule has 0 atom stereocenters. The number of hydrogen-bond donors (Lipinski definition) is 0. The average Bonchev–Trinajstić information content (AvgIpc) is 3.15. The van der Waals surface area contributed by atoms with E-state index in [-0.39, 0.29) is 0 Å². The molecular formula is C31H22O. The molecule has 0 aliphatic heterocycles. The maximum absolute atomic E-state index is 5.37. The molecule has 32 heavy (non-hydrogen) atoms. The summed E-state index contributed by atoms with van der Waals surface area (Å²) in [4.78, 5) is 0. The Labute approximate surface area is 188 Å². The minimum atomic E-state index is 0.872. The molecule has 6 rings (SSSR count). The van der Waals surface area contributed by atoms with Crippen molar-refractivity contribution in [2.45, 2.75) is 0 Å². The SMILES string of the molecule is COc1ccc(C2=CC(=C3c4ccccc4C=Cc4ccccc43)c3ccccc32)cc1. The van der Waals surface area contributed by atoms with Gasteiger partial charge in [-0.1, -0.05) is 97.1 Å². The molecule has 0 bridgehead atoms. The summed E-state index contributed by atoms with van der Waals surface area (Å²) in [5.74, 6) is 0.872. The Morgan fingerprint density at radius 3 is 1.66 bits per heavy atom. The first kappa shape index (κ1) is 18.7. The smallest absolute Gasteiger partial charge is 0.118 e. The maximum atomic E-state index is 5.37. The van der Waals surface area contributed by atoms with Crippen molar-refractivity contribution < 1.29 is 4.74 Å². The topological polar surface area (TPSA) is 9.23 Å². The predicted molar refractivity (Wildman–Crippen MR) is 134 cm³/mol. The molecule has 0 unspecified atom stereocenters. The molecule has 0 aromatic heterocycles. The van der Waals surface area contributed by atoms with E-state index in [4.69, 9.17) is 4.74 Å². The standard InChI is InChI=1S/C31H22O/c1-32-24-18-16-23(17-19-24)29-20-30(28-13-7-6-12-27(28)29)31-25-10-4-2-8-21(25)14-15-22-9-3-5-11-26(22)31/h2-20H,1H3. The van der Waals surface area contributed by atoms with E-state index in [1.165, 1.54) is 55.7 Å². The Balaban J connectivity index is 1.67. The molecule has 0 spiro atoms. The zero-order chi connectivity index (χ0) is 21.5. The van der Waals surface area contributed by atoms with Gasteiger partial charge in [-0.15, -0.1) is 0 Å². The molecule has 0 N–H and O–H groups in total. The second-order valence-corrected chi connectivity index (χ2v) is 8.13. The van der Waals surface area contributed by atoms with E-state index in [1.807, 2.05) is 12.1 Å². The van der Waals surface area contributed by atoms with Crippen LogP contribution >= 0.6 is 0 Å². The minimum Gasteiger partial charge on any atom is -0.497 e. The number of methoxy groups -OCH3 is 1. The van der Waals surface area contributed by atoms with Gasteiger partial charge in [0.1, 0.15) is 5.75 Å². The van der Waals surface area contributed by atoms with Crippen LogP contribution in [0.4, 0.5) is 0 Å². The molecule has 0 radical (unpaired) electrons. The third kappa shape index (κ3) is 2.94. The fraction of sp³-hybridized carbons (Fsp3) is 0.0323. The van der Waals surface area contributed by atoms with E-state index >= 15 is 0 Å². The van der Waals surface area contributed by atoms with E-state index in [2.05, 4.69) is 103 Å². The van der Waals surface area contributed by atoms with Gasteiger partial charge in [-0.2, -0.15) is 0 Å². The Morgan fingerprint density at radius 1 is 0.531 bits per heavy atom. The van der Waals surface area contributed by atoms with Crippen LogP contribution in [-0.2, 0) is 0 Å². The highest BCUT2D eigenvalue weighted by Crippen LogP contribution is 2.46. The lowest BCUT2D eigenvalue weighted by atomic mass is 9.87. The number of fused-ring (bicyclic) bond motifs is 3. The molecule has 152 valence electrons. The van der Waals surface area contributed by atoms with Crippen molar-refractivity contribution in [3.05, 3.63) is 142 Å². The van der Waals surface area contributed by atoms with E-state index in [0.29, 0.717) is 0 Å². The number of hydrogen-bond acceptors (Lipinski definition) is 1. The number of benzene rings is 4. The first-order chi connectivity index (χ1) is 15.8. The van der Waals surface area contributed by atoms with Gasteiger partial charge in [-0.3, -0.25) is 0 Å². The Kier molecular flexibility index (Phi) is 4.40. The van der Waals surface area contributed by atoms with Gasteiger partial charge < -0.3 is 4.74 Å². The van der Waals surface area contributed by atoms with Crippen molar-refractivity contribution in [1.82, 2.24) is 0 Å². The number of rotatable bonds is 2. The first-order valence-electron chi connectivity index (χ1n) is 10.9. The Hall–Kier alpha value is -4.10. The van der Waals surface area contributed by atoms with Crippen LogP contribution in [0.25, 0.3) is 28.9 Å². The summed E-state index contributed by atoms with van der Waals surface area (Å²) in [7, 11) is 1.71. The largest absolute Gasteiger partial charge is 0.497 e. The molecule has 0 saturated carbocycles. The molecule has 2 aliphatic rings. The fourth-order valence-corrected chi connectivity index (χ4v) is 4.82. The van der Waals surface area contributed by atoms with Crippen molar-refractivity contribution in [3.8, 4) is 5.75 Å². The molecule has 0 amide bonds. The highest BCUT2D eigenvalue weighted by molar-refractivity contribution is 6.14. The van der Waals surface area contributed by atoms with Crippen LogP contribution in [0.5, 0.6) is 5.75 Å². The molecule has 4 aromatic carbocycles. The van der Waals surface area contributed by atoms with Gasteiger partial charge in [0, 0.05) is 0 Å². The summed E-state index contributed by atoms with van der Waals surface area (Å²) in [5, 5.41) is 0. The van der Waals surface area contributed by atoms with Gasteiger partial charge >= 0.3 is 0 Å². The Bertz CT molecular complexity index is 1380. The summed E-state index contributed by atoms with van der Waals surface area (Å²) >= 11 is 0. The lowest BCUT2D eigenvalue weighted by molar-refractivity contribution is 0.415. The average molecular weight is 411 g/mol. The van der Waals surface area contributed by atoms with Gasteiger partial charge in [0.2, 0.25) is 0 Å². The van der Waals surface area contributed by atoms with Crippen LogP contribution in [-0.4, -0.2) is 7.11 Å². The van der Waals surface area contributed by atoms with Crippen molar-refractivity contribution in [3.63, 3.8) is 0 Å². The van der Waals surface area contributed by atoms with E-state index in [9.17, 15) is 0 Å². The van der Waals surface area contributed by atoms with Crippen molar-refractivity contribution >= 4 is 28.9 Å². The van der Waals surface area contributed by atoms with Crippen LogP contribution in [0.3, 0.4) is 0 Å². The van der Waals surface area contributed by atoms with Crippen LogP contribution < -0.4 is 4.74 Å². The molecule has 4 aromatic rings. The molecule has 1 nitrogen and oxygen atoms in total. The lowest BCUT2D eigenvalue weighted by Gasteiger charge is -2.15. The van der Waals surface area contributed by atoms with Gasteiger partial charge in [0.15, 0.2) is 0 Å². The van der Waals surface area contributed by atoms with Crippen molar-refractivity contribution in [2.24, 2.45) is 0 Å².